The van der Waals surface area contributed by atoms with Crippen LogP contribution < -0.4 is 10.0 Å². The zero-order valence-electron chi connectivity index (χ0n) is 10.7. The van der Waals surface area contributed by atoms with Gasteiger partial charge in [0.1, 0.15) is 0 Å². The first-order chi connectivity index (χ1) is 7.97. The van der Waals surface area contributed by atoms with E-state index in [2.05, 4.69) is 0 Å². The van der Waals surface area contributed by atoms with Gasteiger partial charge in [-0.25, -0.2) is 0 Å². The molecule has 0 fully saturated rings. The monoisotopic (exact) mass is 267 g/mol. The first-order valence-corrected chi connectivity index (χ1v) is 7.61. The minimum Gasteiger partial charge on any atom is -0.550 e. The summed E-state index contributed by atoms with van der Waals surface area (Å²) < 4.78 is 22.5. The first-order valence-electron chi connectivity index (χ1n) is 5.89. The standard InChI is InChI=1S/C10H22NO5P/c1-4-11(8-7-10(12)13)9-17(14,15-5-2)16-6-3/h4-9H2,1-3H3,(H,12,13). The minimum atomic E-state index is -3.10. The number of carbonyl (C=O) groups is 1. The third kappa shape index (κ3) is 7.49. The molecule has 0 saturated carbocycles. The van der Waals surface area contributed by atoms with E-state index in [0.29, 0.717) is 26.3 Å². The van der Waals surface area contributed by atoms with Crippen molar-refractivity contribution in [2.24, 2.45) is 0 Å². The molecule has 7 heteroatoms. The van der Waals surface area contributed by atoms with Crippen LogP contribution in [0.3, 0.4) is 0 Å². The summed E-state index contributed by atoms with van der Waals surface area (Å²) in [5, 5.41) is 10.4. The Kier molecular flexibility index (Phi) is 8.43. The molecular formula is C10H22NO5P. The minimum absolute atomic E-state index is 0.0541. The Morgan fingerprint density at radius 1 is 1.24 bits per heavy atom. The lowest BCUT2D eigenvalue weighted by molar-refractivity contribution is -0.887. The van der Waals surface area contributed by atoms with Crippen LogP contribution in [0, 0.1) is 0 Å². The highest BCUT2D eigenvalue weighted by Crippen LogP contribution is 2.45. The van der Waals surface area contributed by atoms with Gasteiger partial charge in [-0.2, -0.15) is 0 Å². The van der Waals surface area contributed by atoms with Gasteiger partial charge in [0, 0.05) is 12.4 Å². The van der Waals surface area contributed by atoms with Gasteiger partial charge < -0.3 is 23.8 Å². The molecule has 6 nitrogen and oxygen atoms in total. The Morgan fingerprint density at radius 2 is 1.76 bits per heavy atom. The molecule has 1 atom stereocenters. The van der Waals surface area contributed by atoms with Gasteiger partial charge in [0.15, 0.2) is 6.29 Å². The van der Waals surface area contributed by atoms with Crippen molar-refractivity contribution >= 4 is 13.6 Å². The Morgan fingerprint density at radius 3 is 2.12 bits per heavy atom. The van der Waals surface area contributed by atoms with Crippen molar-refractivity contribution in [1.29, 1.82) is 0 Å². The van der Waals surface area contributed by atoms with Crippen LogP contribution in [0.1, 0.15) is 27.2 Å². The van der Waals surface area contributed by atoms with Crippen molar-refractivity contribution in [3.8, 4) is 0 Å². The maximum Gasteiger partial charge on any atom is 0.384 e. The molecule has 1 N–H and O–H groups in total. The van der Waals surface area contributed by atoms with Crippen LogP contribution in [0.25, 0.3) is 0 Å². The predicted octanol–water partition coefficient (Wildman–Crippen LogP) is -0.745. The SMILES string of the molecule is CCOP(=O)(C[NH+](CC)CCC(=O)[O-])OCC. The summed E-state index contributed by atoms with van der Waals surface area (Å²) in [7, 11) is -3.10. The second-order valence-corrected chi connectivity index (χ2v) is 5.63. The number of carboxylic acids is 1. The lowest BCUT2D eigenvalue weighted by atomic mass is 10.4. The first kappa shape index (κ1) is 16.6. The van der Waals surface area contributed by atoms with Gasteiger partial charge in [-0.15, -0.1) is 0 Å². The van der Waals surface area contributed by atoms with Crippen molar-refractivity contribution in [2.75, 3.05) is 32.6 Å². The lowest BCUT2D eigenvalue weighted by Crippen LogP contribution is -3.11. The number of hydrogen-bond donors (Lipinski definition) is 1. The van der Waals surface area contributed by atoms with E-state index in [4.69, 9.17) is 9.05 Å². The van der Waals surface area contributed by atoms with Crippen molar-refractivity contribution in [3.63, 3.8) is 0 Å². The summed E-state index contributed by atoms with van der Waals surface area (Å²) in [4.78, 5) is 11.3. The van der Waals surface area contributed by atoms with Gasteiger partial charge in [0.25, 0.3) is 0 Å². The summed E-state index contributed by atoms with van der Waals surface area (Å²) in [5.74, 6) is -1.10. The van der Waals surface area contributed by atoms with Crippen LogP contribution in [-0.4, -0.2) is 38.6 Å². The highest BCUT2D eigenvalue weighted by Gasteiger charge is 2.29. The summed E-state index contributed by atoms with van der Waals surface area (Å²) in [5.41, 5.74) is 0. The summed E-state index contributed by atoms with van der Waals surface area (Å²) in [6, 6.07) is 0. The van der Waals surface area contributed by atoms with Crippen LogP contribution in [-0.2, 0) is 18.4 Å². The molecule has 1 unspecified atom stereocenters. The van der Waals surface area contributed by atoms with Crippen molar-refractivity contribution in [3.05, 3.63) is 0 Å². The second-order valence-electron chi connectivity index (χ2n) is 3.58. The lowest BCUT2D eigenvalue weighted by Gasteiger charge is -2.23. The maximum absolute atomic E-state index is 12.2. The van der Waals surface area contributed by atoms with E-state index in [1.807, 2.05) is 6.92 Å². The predicted molar refractivity (Wildman–Crippen MR) is 61.7 cm³/mol. The molecule has 0 amide bonds. The molecule has 17 heavy (non-hydrogen) atoms. The zero-order valence-corrected chi connectivity index (χ0v) is 11.6. The Hall–Kier alpha value is -0.420. The second kappa shape index (κ2) is 8.64. The highest BCUT2D eigenvalue weighted by atomic mass is 31.2. The van der Waals surface area contributed by atoms with Gasteiger partial charge in [0.2, 0.25) is 0 Å². The number of quaternary nitrogens is 1. The van der Waals surface area contributed by atoms with Gasteiger partial charge in [-0.05, 0) is 20.8 Å². The molecule has 0 aromatic rings. The van der Waals surface area contributed by atoms with Crippen LogP contribution in [0.4, 0.5) is 0 Å². The molecule has 0 rings (SSSR count). The van der Waals surface area contributed by atoms with Crippen molar-refractivity contribution in [2.45, 2.75) is 27.2 Å². The van der Waals surface area contributed by atoms with E-state index in [9.17, 15) is 14.5 Å². The van der Waals surface area contributed by atoms with Gasteiger partial charge in [-0.3, -0.25) is 4.57 Å². The summed E-state index contributed by atoms with van der Waals surface area (Å²) in [6.45, 7) is 7.05. The third-order valence-corrected chi connectivity index (χ3v) is 4.39. The fourth-order valence-corrected chi connectivity index (χ4v) is 3.42. The molecule has 0 spiro atoms. The molecule has 0 aromatic carbocycles. The number of hydrogen-bond acceptors (Lipinski definition) is 5. The number of rotatable bonds is 10. The molecule has 0 heterocycles. The average molecular weight is 267 g/mol. The average Bonchev–Trinajstić information content (AvgIpc) is 2.24. The number of nitrogens with one attached hydrogen (secondary N) is 1. The van der Waals surface area contributed by atoms with E-state index in [1.165, 1.54) is 0 Å². The van der Waals surface area contributed by atoms with Crippen LogP contribution in [0.2, 0.25) is 0 Å². The molecule has 0 radical (unpaired) electrons. The van der Waals surface area contributed by atoms with Crippen LogP contribution in [0.5, 0.6) is 0 Å². The normalized spacial score (nSPS) is 13.6. The molecule has 0 saturated heterocycles. The highest BCUT2D eigenvalue weighted by molar-refractivity contribution is 7.53. The number of carbonyl (C=O) groups excluding carboxylic acids is 1. The fourth-order valence-electron chi connectivity index (χ4n) is 1.44. The summed E-state index contributed by atoms with van der Waals surface area (Å²) in [6.07, 6.45) is 0.139. The Balaban J connectivity index is 4.37. The molecule has 102 valence electrons. The Bertz CT molecular complexity index is 261. The van der Waals surface area contributed by atoms with E-state index in [0.717, 1.165) is 4.90 Å². The zero-order chi connectivity index (χ0) is 13.3. The quantitative estimate of drug-likeness (QED) is 0.527. The Labute approximate surface area is 102 Å². The molecule has 0 aliphatic carbocycles. The van der Waals surface area contributed by atoms with Gasteiger partial charge in [0.05, 0.1) is 26.3 Å². The van der Waals surface area contributed by atoms with Crippen molar-refractivity contribution in [1.82, 2.24) is 0 Å². The summed E-state index contributed by atoms with van der Waals surface area (Å²) >= 11 is 0. The van der Waals surface area contributed by atoms with Gasteiger partial charge in [-0.1, -0.05) is 0 Å². The van der Waals surface area contributed by atoms with E-state index >= 15 is 0 Å². The van der Waals surface area contributed by atoms with Crippen LogP contribution >= 0.6 is 7.60 Å². The largest absolute Gasteiger partial charge is 0.550 e. The molecule has 0 aromatic heterocycles. The number of aliphatic carboxylic acids is 1. The van der Waals surface area contributed by atoms with Crippen molar-refractivity contribution < 1.29 is 28.4 Å². The molecule has 0 bridgehead atoms. The molecule has 0 aliphatic heterocycles. The maximum atomic E-state index is 12.2. The molecular weight excluding hydrogens is 245 g/mol. The van der Waals surface area contributed by atoms with Gasteiger partial charge >= 0.3 is 7.60 Å². The molecule has 0 aliphatic rings. The van der Waals surface area contributed by atoms with E-state index in [1.54, 1.807) is 13.8 Å². The van der Waals surface area contributed by atoms with E-state index in [-0.39, 0.29) is 12.7 Å². The van der Waals surface area contributed by atoms with E-state index < -0.39 is 13.6 Å². The fraction of sp³-hybridized carbons (Fsp3) is 0.900. The topological polar surface area (TPSA) is 80.1 Å². The van der Waals surface area contributed by atoms with Crippen LogP contribution in [0.15, 0.2) is 0 Å². The number of carboxylic acid groups (broad SMARTS) is 1. The third-order valence-electron chi connectivity index (χ3n) is 2.25. The smallest absolute Gasteiger partial charge is 0.384 e.